The molecule has 0 spiro atoms. The lowest BCUT2D eigenvalue weighted by molar-refractivity contribution is -0.152. The number of hydrogen-bond acceptors (Lipinski definition) is 6. The summed E-state index contributed by atoms with van der Waals surface area (Å²) >= 11 is 0. The number of carbonyl (C=O) groups excluding carboxylic acids is 1. The number of allylic oxidation sites excluding steroid dienone is 2. The molecule has 0 aliphatic heterocycles. The molecule has 0 saturated carbocycles. The van der Waals surface area contributed by atoms with Gasteiger partial charge in [0, 0.05) is 0 Å². The van der Waals surface area contributed by atoms with E-state index in [2.05, 4.69) is 0 Å². The number of carbonyl (C=O) groups is 5. The van der Waals surface area contributed by atoms with Crippen molar-refractivity contribution >= 4 is 30.2 Å². The molecule has 1 aliphatic rings. The Morgan fingerprint density at radius 2 is 1.39 bits per heavy atom. The Bertz CT molecular complexity index is 958. The summed E-state index contributed by atoms with van der Waals surface area (Å²) in [7, 11) is 3.09. The molecule has 1 aromatic rings. The van der Waals surface area contributed by atoms with Gasteiger partial charge in [-0.1, -0.05) is 18.2 Å². The summed E-state index contributed by atoms with van der Waals surface area (Å²) in [6.07, 6.45) is 3.01. The van der Waals surface area contributed by atoms with Gasteiger partial charge in [0.05, 0.1) is 22.7 Å². The van der Waals surface area contributed by atoms with Gasteiger partial charge < -0.3 is 30.1 Å². The van der Waals surface area contributed by atoms with Crippen LogP contribution < -0.4 is 0 Å². The maximum atomic E-state index is 11.5. The molecule has 0 amide bonds. The number of hydrogen-bond donors (Lipinski definition) is 4. The first-order valence-electron chi connectivity index (χ1n) is 8.87. The molecule has 1 aliphatic carbocycles. The van der Waals surface area contributed by atoms with Gasteiger partial charge in [-0.3, -0.25) is 4.79 Å². The Labute approximate surface area is 177 Å². The van der Waals surface area contributed by atoms with Gasteiger partial charge in [-0.2, -0.15) is 0 Å². The summed E-state index contributed by atoms with van der Waals surface area (Å²) in [4.78, 5) is 56.6. The van der Waals surface area contributed by atoms with E-state index in [-0.39, 0.29) is 22.3 Å². The summed E-state index contributed by atoms with van der Waals surface area (Å²) in [5.74, 6) is -4.80. The second-order valence-electron chi connectivity index (χ2n) is 7.02. The molecular formula is C21H23NO9. The van der Waals surface area contributed by atoms with Crippen LogP contribution in [0.15, 0.2) is 41.5 Å². The maximum absolute atomic E-state index is 11.5. The van der Waals surface area contributed by atoms with Gasteiger partial charge in [0.15, 0.2) is 5.41 Å². The molecule has 2 atom stereocenters. The standard InChI is InChI=1S/C12H15NO5.C9H8O4/c1-7-4-5-8(10(15)16)9(13(2)3)12(7,6-14)11(17)18;1-5-6(8(10)11)3-2-4-7(5)9(12)13/h4-6,9H,1-3H3,(H,15,16)(H,17,18);2-4H,1H3,(H,10,11)(H,12,13). The van der Waals surface area contributed by atoms with E-state index in [9.17, 15) is 29.1 Å². The van der Waals surface area contributed by atoms with Crippen LogP contribution in [-0.4, -0.2) is 75.6 Å². The highest BCUT2D eigenvalue weighted by Crippen LogP contribution is 2.39. The van der Waals surface area contributed by atoms with Crippen molar-refractivity contribution < 1.29 is 44.4 Å². The topological polar surface area (TPSA) is 170 Å². The molecule has 10 heteroatoms. The predicted octanol–water partition coefficient (Wildman–Crippen LogP) is 1.55. The van der Waals surface area contributed by atoms with Gasteiger partial charge in [0.25, 0.3) is 0 Å². The molecule has 31 heavy (non-hydrogen) atoms. The van der Waals surface area contributed by atoms with Crippen molar-refractivity contribution in [3.05, 3.63) is 58.2 Å². The van der Waals surface area contributed by atoms with Crippen molar-refractivity contribution in [1.82, 2.24) is 4.90 Å². The number of carboxylic acids is 4. The normalized spacial score (nSPS) is 20.0. The van der Waals surface area contributed by atoms with Crippen molar-refractivity contribution in [2.75, 3.05) is 14.1 Å². The van der Waals surface area contributed by atoms with E-state index < -0.39 is 35.3 Å². The summed E-state index contributed by atoms with van der Waals surface area (Å²) in [6, 6.07) is 3.14. The third-order valence-electron chi connectivity index (χ3n) is 4.99. The second kappa shape index (κ2) is 9.81. The van der Waals surface area contributed by atoms with Gasteiger partial charge in [-0.15, -0.1) is 0 Å². The Balaban J connectivity index is 0.000000327. The summed E-state index contributed by atoms with van der Waals surface area (Å²) < 4.78 is 0. The Morgan fingerprint density at radius 3 is 1.71 bits per heavy atom. The smallest absolute Gasteiger partial charge is 0.335 e. The van der Waals surface area contributed by atoms with Crippen LogP contribution in [0.5, 0.6) is 0 Å². The highest BCUT2D eigenvalue weighted by molar-refractivity contribution is 6.02. The fourth-order valence-corrected chi connectivity index (χ4v) is 3.37. The highest BCUT2D eigenvalue weighted by atomic mass is 16.4. The molecule has 2 rings (SSSR count). The average molecular weight is 433 g/mol. The van der Waals surface area contributed by atoms with Crippen molar-refractivity contribution in [1.29, 1.82) is 0 Å². The van der Waals surface area contributed by atoms with E-state index in [0.717, 1.165) is 0 Å². The third kappa shape index (κ3) is 4.86. The Morgan fingerprint density at radius 1 is 0.903 bits per heavy atom. The zero-order chi connectivity index (χ0) is 24.1. The summed E-state index contributed by atoms with van der Waals surface area (Å²) in [5.41, 5.74) is -1.32. The van der Waals surface area contributed by atoms with Crippen LogP contribution in [0.1, 0.15) is 33.2 Å². The molecule has 0 aromatic heterocycles. The number of nitrogens with zero attached hydrogens (tertiary/aromatic N) is 1. The fourth-order valence-electron chi connectivity index (χ4n) is 3.37. The average Bonchev–Trinajstić information content (AvgIpc) is 2.67. The molecule has 0 radical (unpaired) electrons. The molecule has 0 saturated heterocycles. The number of likely N-dealkylation sites (N-methyl/N-ethyl adjacent to an activating group) is 1. The molecule has 10 nitrogen and oxygen atoms in total. The molecule has 2 unspecified atom stereocenters. The van der Waals surface area contributed by atoms with E-state index in [0.29, 0.717) is 11.9 Å². The van der Waals surface area contributed by atoms with Gasteiger partial charge in [-0.05, 0) is 51.2 Å². The van der Waals surface area contributed by atoms with Crippen LogP contribution in [0.3, 0.4) is 0 Å². The van der Waals surface area contributed by atoms with Crippen LogP contribution in [0.25, 0.3) is 0 Å². The number of aliphatic carboxylic acids is 2. The van der Waals surface area contributed by atoms with Crippen molar-refractivity contribution in [3.8, 4) is 0 Å². The minimum atomic E-state index is -1.86. The van der Waals surface area contributed by atoms with E-state index in [1.54, 1.807) is 14.1 Å². The lowest BCUT2D eigenvalue weighted by atomic mass is 9.69. The number of aromatic carboxylic acids is 2. The summed E-state index contributed by atoms with van der Waals surface area (Å²) in [5, 5.41) is 35.8. The zero-order valence-electron chi connectivity index (χ0n) is 17.3. The van der Waals surface area contributed by atoms with E-state index in [1.165, 1.54) is 49.1 Å². The van der Waals surface area contributed by atoms with E-state index in [4.69, 9.17) is 15.3 Å². The summed E-state index contributed by atoms with van der Waals surface area (Å²) in [6.45, 7) is 2.99. The number of carboxylic acid groups (broad SMARTS) is 4. The molecule has 1 aromatic carbocycles. The predicted molar refractivity (Wildman–Crippen MR) is 108 cm³/mol. The Hall–Kier alpha value is -3.79. The third-order valence-corrected chi connectivity index (χ3v) is 4.99. The van der Waals surface area contributed by atoms with E-state index >= 15 is 0 Å². The largest absolute Gasteiger partial charge is 0.480 e. The molecule has 0 heterocycles. The van der Waals surface area contributed by atoms with Crippen LogP contribution in [0, 0.1) is 12.3 Å². The fraction of sp³-hybridized carbons (Fsp3) is 0.286. The SMILES string of the molecule is CC1=CC=C(C(=O)O)C(N(C)C)C1(C=O)C(=O)O.Cc1c(C(=O)O)cccc1C(=O)O. The van der Waals surface area contributed by atoms with Gasteiger partial charge in [0.2, 0.25) is 0 Å². The van der Waals surface area contributed by atoms with Crippen LogP contribution >= 0.6 is 0 Å². The molecule has 4 N–H and O–H groups in total. The first-order chi connectivity index (χ1) is 14.3. The lowest BCUT2D eigenvalue weighted by Crippen LogP contribution is -2.54. The minimum absolute atomic E-state index is 0.0277. The van der Waals surface area contributed by atoms with Crippen LogP contribution in [-0.2, 0) is 14.4 Å². The van der Waals surface area contributed by atoms with E-state index in [1.807, 2.05) is 0 Å². The second-order valence-corrected chi connectivity index (χ2v) is 7.02. The minimum Gasteiger partial charge on any atom is -0.480 e. The quantitative estimate of drug-likeness (QED) is 0.381. The number of aldehydes is 1. The maximum Gasteiger partial charge on any atom is 0.335 e. The van der Waals surface area contributed by atoms with Gasteiger partial charge in [0.1, 0.15) is 6.29 Å². The van der Waals surface area contributed by atoms with Gasteiger partial charge in [-0.25, -0.2) is 14.4 Å². The van der Waals surface area contributed by atoms with Crippen molar-refractivity contribution in [2.45, 2.75) is 19.9 Å². The lowest BCUT2D eigenvalue weighted by Gasteiger charge is -2.39. The molecule has 0 fully saturated rings. The van der Waals surface area contributed by atoms with Gasteiger partial charge >= 0.3 is 23.9 Å². The zero-order valence-corrected chi connectivity index (χ0v) is 17.3. The monoisotopic (exact) mass is 433 g/mol. The van der Waals surface area contributed by atoms with Crippen LogP contribution in [0.4, 0.5) is 0 Å². The first-order valence-corrected chi connectivity index (χ1v) is 8.87. The van der Waals surface area contributed by atoms with Crippen molar-refractivity contribution in [3.63, 3.8) is 0 Å². The number of rotatable bonds is 6. The highest BCUT2D eigenvalue weighted by Gasteiger charge is 2.53. The molecular weight excluding hydrogens is 410 g/mol. The molecule has 166 valence electrons. The first kappa shape index (κ1) is 25.2. The van der Waals surface area contributed by atoms with Crippen molar-refractivity contribution in [2.24, 2.45) is 5.41 Å². The number of benzene rings is 1. The molecule has 0 bridgehead atoms. The Kier molecular flexibility index (Phi) is 7.99. The van der Waals surface area contributed by atoms with Crippen LogP contribution in [0.2, 0.25) is 0 Å².